The molecule has 0 aliphatic rings. The third-order valence-corrected chi connectivity index (χ3v) is 4.79. The Labute approximate surface area is 129 Å². The maximum absolute atomic E-state index is 11.8. The predicted octanol–water partition coefficient (Wildman–Crippen LogP) is 1.03. The normalized spacial score (nSPS) is 11.8. The van der Waals surface area contributed by atoms with E-state index in [1.54, 1.807) is 12.1 Å². The minimum Gasteiger partial charge on any atom is -0.495 e. The van der Waals surface area contributed by atoms with Crippen LogP contribution in [0, 0.1) is 0 Å². The molecule has 1 N–H and O–H groups in total. The molecular formula is C12H18ClN3O4S. The van der Waals surface area contributed by atoms with Gasteiger partial charge in [0.15, 0.2) is 0 Å². The number of methoxy groups -OCH3 is 1. The van der Waals surface area contributed by atoms with Crippen molar-refractivity contribution in [2.24, 2.45) is 0 Å². The summed E-state index contributed by atoms with van der Waals surface area (Å²) >= 11 is 5.94. The van der Waals surface area contributed by atoms with E-state index >= 15 is 0 Å². The molecule has 0 saturated heterocycles. The maximum atomic E-state index is 11.8. The van der Waals surface area contributed by atoms with Gasteiger partial charge in [0, 0.05) is 26.8 Å². The van der Waals surface area contributed by atoms with E-state index in [2.05, 4.69) is 5.32 Å². The predicted molar refractivity (Wildman–Crippen MR) is 81.9 cm³/mol. The SMILES string of the molecule is COc1ccc(NC(=O)CN(C)S(=O)(=O)N(C)C)cc1Cl. The van der Waals surface area contributed by atoms with Gasteiger partial charge < -0.3 is 10.1 Å². The lowest BCUT2D eigenvalue weighted by atomic mass is 10.3. The van der Waals surface area contributed by atoms with E-state index in [0.29, 0.717) is 16.5 Å². The number of anilines is 1. The summed E-state index contributed by atoms with van der Waals surface area (Å²) in [6, 6.07) is 4.75. The van der Waals surface area contributed by atoms with Gasteiger partial charge in [0.1, 0.15) is 5.75 Å². The van der Waals surface area contributed by atoms with Gasteiger partial charge >= 0.3 is 0 Å². The van der Waals surface area contributed by atoms with Gasteiger partial charge in [-0.25, -0.2) is 0 Å². The van der Waals surface area contributed by atoms with E-state index < -0.39 is 16.1 Å². The first-order valence-electron chi connectivity index (χ1n) is 5.95. The fraction of sp³-hybridized carbons (Fsp3) is 0.417. The second-order valence-electron chi connectivity index (χ2n) is 4.44. The Morgan fingerprint density at radius 2 is 1.95 bits per heavy atom. The highest BCUT2D eigenvalue weighted by Gasteiger charge is 2.22. The van der Waals surface area contributed by atoms with Crippen LogP contribution in [0.4, 0.5) is 5.69 Å². The maximum Gasteiger partial charge on any atom is 0.281 e. The summed E-state index contributed by atoms with van der Waals surface area (Å²) in [5.41, 5.74) is 0.460. The van der Waals surface area contributed by atoms with Gasteiger partial charge in [-0.3, -0.25) is 4.79 Å². The summed E-state index contributed by atoms with van der Waals surface area (Å²) in [6.07, 6.45) is 0. The quantitative estimate of drug-likeness (QED) is 0.842. The molecule has 0 spiro atoms. The monoisotopic (exact) mass is 335 g/mol. The number of rotatable bonds is 6. The van der Waals surface area contributed by atoms with Gasteiger partial charge in [-0.2, -0.15) is 17.0 Å². The molecule has 0 atom stereocenters. The molecule has 0 unspecified atom stereocenters. The Kier molecular flexibility index (Phi) is 5.97. The molecule has 0 fully saturated rings. The van der Waals surface area contributed by atoms with E-state index in [-0.39, 0.29) is 6.54 Å². The first-order chi connectivity index (χ1) is 9.68. The summed E-state index contributed by atoms with van der Waals surface area (Å²) in [6.45, 7) is -0.301. The van der Waals surface area contributed by atoms with E-state index in [1.807, 2.05) is 0 Å². The number of ether oxygens (including phenoxy) is 1. The Balaban J connectivity index is 2.72. The van der Waals surface area contributed by atoms with E-state index in [1.165, 1.54) is 34.3 Å². The molecule has 1 amide bonds. The average Bonchev–Trinajstić information content (AvgIpc) is 2.38. The van der Waals surface area contributed by atoms with Crippen LogP contribution in [0.2, 0.25) is 5.02 Å². The van der Waals surface area contributed by atoms with Crippen molar-refractivity contribution in [1.29, 1.82) is 0 Å². The van der Waals surface area contributed by atoms with Crippen LogP contribution in [0.15, 0.2) is 18.2 Å². The Bertz CT molecular complexity index is 619. The summed E-state index contributed by atoms with van der Waals surface area (Å²) in [4.78, 5) is 11.8. The zero-order valence-electron chi connectivity index (χ0n) is 12.3. The zero-order chi connectivity index (χ0) is 16.2. The summed E-state index contributed by atoms with van der Waals surface area (Å²) < 4.78 is 30.6. The van der Waals surface area contributed by atoms with Crippen molar-refractivity contribution in [1.82, 2.24) is 8.61 Å². The molecular weight excluding hydrogens is 318 g/mol. The van der Waals surface area contributed by atoms with Crippen LogP contribution in [0.1, 0.15) is 0 Å². The van der Waals surface area contributed by atoms with Crippen LogP contribution in [-0.2, 0) is 15.0 Å². The lowest BCUT2D eigenvalue weighted by Gasteiger charge is -2.20. The number of carbonyl (C=O) groups excluding carboxylic acids is 1. The number of hydrogen-bond donors (Lipinski definition) is 1. The second-order valence-corrected chi connectivity index (χ2v) is 7.10. The molecule has 1 rings (SSSR count). The molecule has 0 aromatic heterocycles. The third-order valence-electron chi connectivity index (χ3n) is 2.66. The summed E-state index contributed by atoms with van der Waals surface area (Å²) in [5, 5.41) is 2.92. The number of nitrogens with one attached hydrogen (secondary N) is 1. The smallest absolute Gasteiger partial charge is 0.281 e. The fourth-order valence-corrected chi connectivity index (χ4v) is 2.60. The minimum atomic E-state index is -3.62. The van der Waals surface area contributed by atoms with Crippen molar-refractivity contribution in [2.75, 3.05) is 40.1 Å². The van der Waals surface area contributed by atoms with E-state index in [0.717, 1.165) is 8.61 Å². The number of nitrogens with zero attached hydrogens (tertiary/aromatic N) is 2. The topological polar surface area (TPSA) is 79.0 Å². The third kappa shape index (κ3) is 4.57. The lowest BCUT2D eigenvalue weighted by Crippen LogP contribution is -2.41. The van der Waals surface area contributed by atoms with Gasteiger partial charge in [-0.15, -0.1) is 0 Å². The fourth-order valence-electron chi connectivity index (χ4n) is 1.51. The van der Waals surface area contributed by atoms with Crippen molar-refractivity contribution in [3.05, 3.63) is 23.2 Å². The van der Waals surface area contributed by atoms with Crippen LogP contribution < -0.4 is 10.1 Å². The summed E-state index contributed by atoms with van der Waals surface area (Å²) in [7, 11) is 1.98. The first kappa shape index (κ1) is 17.7. The molecule has 7 nitrogen and oxygen atoms in total. The van der Waals surface area contributed by atoms with Crippen LogP contribution in [0.5, 0.6) is 5.75 Å². The highest BCUT2D eigenvalue weighted by molar-refractivity contribution is 7.86. The van der Waals surface area contributed by atoms with Gasteiger partial charge in [0.25, 0.3) is 10.2 Å². The van der Waals surface area contributed by atoms with E-state index in [9.17, 15) is 13.2 Å². The molecule has 1 aromatic carbocycles. The van der Waals surface area contributed by atoms with Crippen LogP contribution in [0.3, 0.4) is 0 Å². The van der Waals surface area contributed by atoms with Crippen molar-refractivity contribution < 1.29 is 17.9 Å². The zero-order valence-corrected chi connectivity index (χ0v) is 13.8. The van der Waals surface area contributed by atoms with Gasteiger partial charge in [-0.1, -0.05) is 11.6 Å². The summed E-state index contributed by atoms with van der Waals surface area (Å²) in [5.74, 6) is 0.0196. The van der Waals surface area contributed by atoms with Gasteiger partial charge in [0.05, 0.1) is 18.7 Å². The Morgan fingerprint density at radius 1 is 1.33 bits per heavy atom. The molecule has 118 valence electrons. The Morgan fingerprint density at radius 3 is 2.43 bits per heavy atom. The number of benzene rings is 1. The van der Waals surface area contributed by atoms with Gasteiger partial charge in [0.2, 0.25) is 5.91 Å². The highest BCUT2D eigenvalue weighted by atomic mass is 35.5. The Hall–Kier alpha value is -1.35. The van der Waals surface area contributed by atoms with Gasteiger partial charge in [-0.05, 0) is 18.2 Å². The molecule has 0 aliphatic carbocycles. The minimum absolute atomic E-state index is 0.301. The second kappa shape index (κ2) is 7.08. The standard InChI is InChI=1S/C12H18ClN3O4S/c1-15(2)21(18,19)16(3)8-12(17)14-9-5-6-11(20-4)10(13)7-9/h5-7H,8H2,1-4H3,(H,14,17). The number of carbonyl (C=O) groups is 1. The lowest BCUT2D eigenvalue weighted by molar-refractivity contribution is -0.116. The molecule has 0 saturated carbocycles. The van der Waals surface area contributed by atoms with Crippen molar-refractivity contribution in [2.45, 2.75) is 0 Å². The largest absolute Gasteiger partial charge is 0.495 e. The van der Waals surface area contributed by atoms with Crippen molar-refractivity contribution in [3.8, 4) is 5.75 Å². The highest BCUT2D eigenvalue weighted by Crippen LogP contribution is 2.27. The molecule has 0 aliphatic heterocycles. The van der Waals surface area contributed by atoms with Crippen LogP contribution in [0.25, 0.3) is 0 Å². The molecule has 0 bridgehead atoms. The molecule has 0 heterocycles. The number of halogens is 1. The molecule has 9 heteroatoms. The van der Waals surface area contributed by atoms with Crippen LogP contribution in [-0.4, -0.2) is 57.7 Å². The number of likely N-dealkylation sites (N-methyl/N-ethyl adjacent to an activating group) is 1. The van der Waals surface area contributed by atoms with Crippen LogP contribution >= 0.6 is 11.6 Å². The average molecular weight is 336 g/mol. The van der Waals surface area contributed by atoms with Crippen molar-refractivity contribution >= 4 is 33.4 Å². The molecule has 21 heavy (non-hydrogen) atoms. The number of hydrogen-bond acceptors (Lipinski definition) is 4. The van der Waals surface area contributed by atoms with E-state index in [4.69, 9.17) is 16.3 Å². The molecule has 0 radical (unpaired) electrons. The van der Waals surface area contributed by atoms with Crippen molar-refractivity contribution in [3.63, 3.8) is 0 Å². The number of amides is 1. The first-order valence-corrected chi connectivity index (χ1v) is 7.73. The molecule has 1 aromatic rings.